The van der Waals surface area contributed by atoms with Crippen LogP contribution >= 0.6 is 0 Å². The maximum Gasteiger partial charge on any atom is 0.335 e. The lowest BCUT2D eigenvalue weighted by Crippen LogP contribution is -2.10. The van der Waals surface area contributed by atoms with Gasteiger partial charge in [-0.05, 0) is 129 Å². The first-order valence-corrected chi connectivity index (χ1v) is 19.0. The Hall–Kier alpha value is -7.96. The van der Waals surface area contributed by atoms with Gasteiger partial charge in [-0.15, -0.1) is 0 Å². The number of hydrogen-bond donors (Lipinski definition) is 2. The van der Waals surface area contributed by atoms with Crippen LogP contribution < -0.4 is 4.90 Å². The van der Waals surface area contributed by atoms with Gasteiger partial charge in [-0.1, -0.05) is 109 Å². The predicted molar refractivity (Wildman–Crippen MR) is 235 cm³/mol. The number of anilines is 3. The number of nitrogens with zero attached hydrogens (tertiary/aromatic N) is 2. The van der Waals surface area contributed by atoms with Gasteiger partial charge < -0.3 is 19.7 Å². The van der Waals surface area contributed by atoms with Crippen LogP contribution in [0.5, 0.6) is 0 Å². The molecule has 9 aromatic carbocycles. The molecule has 0 unspecified atom stereocenters. The molecule has 0 spiro atoms. The van der Waals surface area contributed by atoms with Crippen LogP contribution in [0.15, 0.2) is 194 Å². The lowest BCUT2D eigenvalue weighted by Gasteiger charge is -2.27. The van der Waals surface area contributed by atoms with E-state index in [1.54, 1.807) is 36.4 Å². The molecule has 0 saturated carbocycles. The summed E-state index contributed by atoms with van der Waals surface area (Å²) in [4.78, 5) is 26.8. The Morgan fingerprint density at radius 3 is 1.48 bits per heavy atom. The summed E-state index contributed by atoms with van der Waals surface area (Å²) < 4.78 is 2.31. The van der Waals surface area contributed by atoms with Crippen molar-refractivity contribution >= 4 is 72.4 Å². The zero-order valence-electron chi connectivity index (χ0n) is 31.1. The van der Waals surface area contributed by atoms with Gasteiger partial charge in [0, 0.05) is 33.5 Å². The van der Waals surface area contributed by atoms with Crippen molar-refractivity contribution in [2.75, 3.05) is 4.90 Å². The van der Waals surface area contributed by atoms with Gasteiger partial charge in [-0.25, -0.2) is 9.59 Å². The molecule has 1 heterocycles. The van der Waals surface area contributed by atoms with E-state index in [1.165, 1.54) is 0 Å². The first-order chi connectivity index (χ1) is 28.4. The molecule has 58 heavy (non-hydrogen) atoms. The number of hydrogen-bond acceptors (Lipinski definition) is 3. The summed E-state index contributed by atoms with van der Waals surface area (Å²) in [5, 5.41) is 26.0. The average molecular weight is 751 g/mol. The van der Waals surface area contributed by atoms with Crippen LogP contribution in [-0.2, 0) is 0 Å². The third-order valence-electron chi connectivity index (χ3n) is 11.0. The summed E-state index contributed by atoms with van der Waals surface area (Å²) >= 11 is 0. The number of aromatic nitrogens is 1. The molecule has 1 aromatic heterocycles. The summed E-state index contributed by atoms with van der Waals surface area (Å²) in [6.07, 6.45) is 0. The molecule has 0 aliphatic rings. The molecule has 0 radical (unpaired) electrons. The van der Waals surface area contributed by atoms with Crippen molar-refractivity contribution in [1.82, 2.24) is 4.57 Å². The molecule has 6 heteroatoms. The second-order valence-corrected chi connectivity index (χ2v) is 14.4. The van der Waals surface area contributed by atoms with E-state index in [2.05, 4.69) is 113 Å². The minimum atomic E-state index is -1.00. The molecule has 0 aliphatic heterocycles. The number of benzene rings is 9. The minimum Gasteiger partial charge on any atom is -0.478 e. The van der Waals surface area contributed by atoms with E-state index < -0.39 is 11.9 Å². The van der Waals surface area contributed by atoms with E-state index in [0.717, 1.165) is 88.4 Å². The molecule has 2 N–H and O–H groups in total. The Bertz CT molecular complexity index is 3240. The van der Waals surface area contributed by atoms with Crippen LogP contribution in [0.3, 0.4) is 0 Å². The van der Waals surface area contributed by atoms with Crippen LogP contribution in [0.2, 0.25) is 0 Å². The third-order valence-corrected chi connectivity index (χ3v) is 11.0. The van der Waals surface area contributed by atoms with Crippen LogP contribution in [0, 0.1) is 0 Å². The molecule has 0 fully saturated rings. The number of fused-ring (bicyclic) bond motifs is 5. The molecular formula is C52H34N2O4. The SMILES string of the molecule is O=C(O)c1cccc(-c2c3ccccc3c(-c3cccc(C(=O)O)c3)c3cc(N(c4ccccc4)c4ccc5c(c4)c4ccccc4n5-c4ccccc4)ccc23)c1. The standard InChI is InChI=1S/C52H34N2O4/c55-51(56)35-15-11-13-33(29-35)49-42-22-7-8-23-43(42)50(34-14-12-16-36(30-34)52(57)58)46-32-39(25-27-44(46)49)53(37-17-3-1-4-18-37)40-26-28-48-45(31-40)41-21-9-10-24-47(41)54(48)38-19-5-2-6-20-38/h1-32H,(H,55,56)(H,57,58). The molecule has 6 nitrogen and oxygen atoms in total. The summed E-state index contributed by atoms with van der Waals surface area (Å²) in [5.74, 6) is -2.00. The minimum absolute atomic E-state index is 0.193. The first-order valence-electron chi connectivity index (χ1n) is 19.0. The highest BCUT2D eigenvalue weighted by Gasteiger charge is 2.22. The number of aromatic carboxylic acids is 2. The van der Waals surface area contributed by atoms with Crippen molar-refractivity contribution < 1.29 is 19.8 Å². The van der Waals surface area contributed by atoms with Gasteiger partial charge >= 0.3 is 11.9 Å². The maximum atomic E-state index is 12.3. The fraction of sp³-hybridized carbons (Fsp3) is 0. The highest BCUT2D eigenvalue weighted by molar-refractivity contribution is 6.22. The van der Waals surface area contributed by atoms with Crippen molar-refractivity contribution in [3.05, 3.63) is 205 Å². The predicted octanol–water partition coefficient (Wildman–Crippen LogP) is 13.3. The highest BCUT2D eigenvalue weighted by atomic mass is 16.4. The second kappa shape index (κ2) is 14.0. The summed E-state index contributed by atoms with van der Waals surface area (Å²) in [7, 11) is 0. The smallest absolute Gasteiger partial charge is 0.335 e. The van der Waals surface area contributed by atoms with Gasteiger partial charge in [0.05, 0.1) is 22.2 Å². The quantitative estimate of drug-likeness (QED) is 0.151. The third kappa shape index (κ3) is 5.74. The molecule has 0 amide bonds. The molecule has 10 aromatic rings. The number of carboxylic acids is 2. The number of para-hydroxylation sites is 3. The molecule has 0 saturated heterocycles. The Labute approximate surface area is 333 Å². The number of carboxylic acid groups (broad SMARTS) is 2. The van der Waals surface area contributed by atoms with Crippen molar-refractivity contribution in [1.29, 1.82) is 0 Å². The zero-order valence-corrected chi connectivity index (χ0v) is 31.1. The Morgan fingerprint density at radius 2 is 0.862 bits per heavy atom. The van der Waals surface area contributed by atoms with E-state index in [1.807, 2.05) is 54.6 Å². The van der Waals surface area contributed by atoms with Gasteiger partial charge in [-0.2, -0.15) is 0 Å². The van der Waals surface area contributed by atoms with Gasteiger partial charge in [0.1, 0.15) is 0 Å². The molecule has 276 valence electrons. The van der Waals surface area contributed by atoms with E-state index >= 15 is 0 Å². The van der Waals surface area contributed by atoms with Gasteiger partial charge in [0.15, 0.2) is 0 Å². The normalized spacial score (nSPS) is 11.4. The van der Waals surface area contributed by atoms with Crippen molar-refractivity contribution in [3.63, 3.8) is 0 Å². The first kappa shape index (κ1) is 34.5. The lowest BCUT2D eigenvalue weighted by atomic mass is 9.85. The van der Waals surface area contributed by atoms with E-state index in [4.69, 9.17) is 0 Å². The molecular weight excluding hydrogens is 717 g/mol. The summed E-state index contributed by atoms with van der Waals surface area (Å²) in [6, 6.07) is 64.4. The summed E-state index contributed by atoms with van der Waals surface area (Å²) in [5.41, 5.74) is 9.89. The van der Waals surface area contributed by atoms with Gasteiger partial charge in [0.25, 0.3) is 0 Å². The van der Waals surface area contributed by atoms with Crippen LogP contribution in [0.4, 0.5) is 17.1 Å². The maximum absolute atomic E-state index is 12.3. The lowest BCUT2D eigenvalue weighted by molar-refractivity contribution is 0.0686. The fourth-order valence-corrected chi connectivity index (χ4v) is 8.52. The van der Waals surface area contributed by atoms with Crippen LogP contribution in [-0.4, -0.2) is 26.7 Å². The van der Waals surface area contributed by atoms with E-state index in [9.17, 15) is 19.8 Å². The fourth-order valence-electron chi connectivity index (χ4n) is 8.52. The topological polar surface area (TPSA) is 82.8 Å². The molecule has 0 aliphatic carbocycles. The Morgan fingerprint density at radius 1 is 0.379 bits per heavy atom. The second-order valence-electron chi connectivity index (χ2n) is 14.4. The van der Waals surface area contributed by atoms with Gasteiger partial charge in [-0.3, -0.25) is 0 Å². The Balaban J connectivity index is 1.27. The van der Waals surface area contributed by atoms with Gasteiger partial charge in [0.2, 0.25) is 0 Å². The number of carbonyl (C=O) groups is 2. The van der Waals surface area contributed by atoms with E-state index in [-0.39, 0.29) is 11.1 Å². The van der Waals surface area contributed by atoms with Crippen LogP contribution in [0.25, 0.3) is 71.3 Å². The van der Waals surface area contributed by atoms with Crippen molar-refractivity contribution in [2.24, 2.45) is 0 Å². The molecule has 0 atom stereocenters. The molecule has 10 rings (SSSR count). The van der Waals surface area contributed by atoms with Crippen LogP contribution in [0.1, 0.15) is 20.7 Å². The van der Waals surface area contributed by atoms with Crippen molar-refractivity contribution in [2.45, 2.75) is 0 Å². The molecule has 0 bridgehead atoms. The highest BCUT2D eigenvalue weighted by Crippen LogP contribution is 2.47. The summed E-state index contributed by atoms with van der Waals surface area (Å²) in [6.45, 7) is 0. The largest absolute Gasteiger partial charge is 0.478 e. The monoisotopic (exact) mass is 750 g/mol. The van der Waals surface area contributed by atoms with Crippen molar-refractivity contribution in [3.8, 4) is 27.9 Å². The average Bonchev–Trinajstić information content (AvgIpc) is 3.60. The van der Waals surface area contributed by atoms with E-state index in [0.29, 0.717) is 0 Å². The zero-order chi connectivity index (χ0) is 39.3. The Kier molecular flexibility index (Phi) is 8.31. The number of rotatable bonds is 8.